The second kappa shape index (κ2) is 3.14. The Labute approximate surface area is 79.6 Å². The van der Waals surface area contributed by atoms with E-state index in [2.05, 4.69) is 0 Å². The van der Waals surface area contributed by atoms with Crippen molar-refractivity contribution in [3.63, 3.8) is 0 Å². The van der Waals surface area contributed by atoms with Crippen molar-refractivity contribution in [2.75, 3.05) is 5.73 Å². The second-order valence-electron chi connectivity index (χ2n) is 2.62. The van der Waals surface area contributed by atoms with Gasteiger partial charge in [0.1, 0.15) is 0 Å². The number of phenolic OH excluding ortho intramolecular Hbond substituents is 1. The molecule has 0 bridgehead atoms. The molecule has 70 valence electrons. The van der Waals surface area contributed by atoms with Crippen molar-refractivity contribution >= 4 is 23.3 Å². The molecule has 0 aromatic heterocycles. The molecule has 0 saturated heterocycles. The summed E-state index contributed by atoms with van der Waals surface area (Å²) in [5, 5.41) is 18.0. The van der Waals surface area contributed by atoms with Crippen molar-refractivity contribution in [2.45, 2.75) is 6.92 Å². The first-order valence-electron chi connectivity index (χ1n) is 3.46. The monoisotopic (exact) mass is 201 g/mol. The molecule has 13 heavy (non-hydrogen) atoms. The number of carbonyl (C=O) groups is 1. The van der Waals surface area contributed by atoms with Crippen LogP contribution < -0.4 is 5.73 Å². The molecule has 0 aliphatic carbocycles. The lowest BCUT2D eigenvalue weighted by atomic mass is 10.1. The SMILES string of the molecule is Cc1cc(Cl)c(O)c(N)c1C(=O)O. The largest absolute Gasteiger partial charge is 0.504 e. The zero-order valence-corrected chi connectivity index (χ0v) is 7.59. The van der Waals surface area contributed by atoms with E-state index in [0.717, 1.165) is 0 Å². The number of nitrogen functional groups attached to an aromatic ring is 1. The number of anilines is 1. The van der Waals surface area contributed by atoms with Gasteiger partial charge < -0.3 is 15.9 Å². The molecular weight excluding hydrogens is 194 g/mol. The van der Waals surface area contributed by atoms with Gasteiger partial charge in [-0.15, -0.1) is 0 Å². The Morgan fingerprint density at radius 1 is 1.62 bits per heavy atom. The van der Waals surface area contributed by atoms with Gasteiger partial charge in [0, 0.05) is 0 Å². The van der Waals surface area contributed by atoms with Crippen molar-refractivity contribution in [1.82, 2.24) is 0 Å². The summed E-state index contributed by atoms with van der Waals surface area (Å²) in [7, 11) is 0. The molecule has 0 fully saturated rings. The molecule has 0 spiro atoms. The van der Waals surface area contributed by atoms with E-state index in [4.69, 9.17) is 22.4 Å². The molecule has 1 aromatic rings. The Hall–Kier alpha value is -1.42. The Kier molecular flexibility index (Phi) is 2.34. The topological polar surface area (TPSA) is 83.5 Å². The third-order valence-electron chi connectivity index (χ3n) is 1.70. The number of carboxylic acids is 1. The van der Waals surface area contributed by atoms with Gasteiger partial charge in [0.2, 0.25) is 0 Å². The smallest absolute Gasteiger partial charge is 0.338 e. The fourth-order valence-corrected chi connectivity index (χ4v) is 1.34. The van der Waals surface area contributed by atoms with Crippen LogP contribution in [0.2, 0.25) is 5.02 Å². The molecule has 4 N–H and O–H groups in total. The van der Waals surface area contributed by atoms with Gasteiger partial charge in [-0.1, -0.05) is 11.6 Å². The number of aromatic carboxylic acids is 1. The summed E-state index contributed by atoms with van der Waals surface area (Å²) in [6.07, 6.45) is 0. The maximum atomic E-state index is 10.7. The Morgan fingerprint density at radius 2 is 2.15 bits per heavy atom. The zero-order valence-electron chi connectivity index (χ0n) is 6.84. The summed E-state index contributed by atoms with van der Waals surface area (Å²) in [6, 6.07) is 1.36. The number of aromatic hydroxyl groups is 1. The molecule has 0 amide bonds. The maximum absolute atomic E-state index is 10.7. The van der Waals surface area contributed by atoms with E-state index in [1.807, 2.05) is 0 Å². The lowest BCUT2D eigenvalue weighted by molar-refractivity contribution is 0.0697. The number of carboxylic acid groups (broad SMARTS) is 1. The van der Waals surface area contributed by atoms with E-state index in [9.17, 15) is 9.90 Å². The third-order valence-corrected chi connectivity index (χ3v) is 1.99. The zero-order chi connectivity index (χ0) is 10.2. The van der Waals surface area contributed by atoms with Crippen molar-refractivity contribution in [1.29, 1.82) is 0 Å². The summed E-state index contributed by atoms with van der Waals surface area (Å²) in [5.41, 5.74) is 5.49. The minimum absolute atomic E-state index is 0.0556. The molecule has 0 unspecified atom stereocenters. The van der Waals surface area contributed by atoms with Gasteiger partial charge in [-0.3, -0.25) is 0 Å². The van der Waals surface area contributed by atoms with Gasteiger partial charge in [-0.2, -0.15) is 0 Å². The lowest BCUT2D eigenvalue weighted by Crippen LogP contribution is -2.05. The van der Waals surface area contributed by atoms with E-state index in [-0.39, 0.29) is 22.0 Å². The predicted octanol–water partition coefficient (Wildman–Crippen LogP) is 1.63. The highest BCUT2D eigenvalue weighted by molar-refractivity contribution is 6.32. The van der Waals surface area contributed by atoms with Crippen LogP contribution in [0.15, 0.2) is 6.07 Å². The Morgan fingerprint density at radius 3 is 2.62 bits per heavy atom. The number of phenols is 1. The molecule has 0 atom stereocenters. The number of nitrogens with two attached hydrogens (primary N) is 1. The lowest BCUT2D eigenvalue weighted by Gasteiger charge is -2.08. The minimum Gasteiger partial charge on any atom is -0.504 e. The van der Waals surface area contributed by atoms with Gasteiger partial charge in [-0.05, 0) is 18.6 Å². The van der Waals surface area contributed by atoms with Crippen LogP contribution in [-0.4, -0.2) is 16.2 Å². The molecule has 0 radical (unpaired) electrons. The van der Waals surface area contributed by atoms with Crippen LogP contribution in [0.3, 0.4) is 0 Å². The van der Waals surface area contributed by atoms with Crippen molar-refractivity contribution < 1.29 is 15.0 Å². The van der Waals surface area contributed by atoms with E-state index >= 15 is 0 Å². The van der Waals surface area contributed by atoms with Crippen molar-refractivity contribution in [3.8, 4) is 5.75 Å². The second-order valence-corrected chi connectivity index (χ2v) is 3.02. The molecule has 4 nitrogen and oxygen atoms in total. The van der Waals surface area contributed by atoms with Crippen molar-refractivity contribution in [2.24, 2.45) is 0 Å². The maximum Gasteiger partial charge on any atom is 0.338 e. The summed E-state index contributed by atoms with van der Waals surface area (Å²) < 4.78 is 0. The van der Waals surface area contributed by atoms with Crippen LogP contribution in [0, 0.1) is 6.92 Å². The van der Waals surface area contributed by atoms with Crippen molar-refractivity contribution in [3.05, 3.63) is 22.2 Å². The first kappa shape index (κ1) is 9.67. The number of aryl methyl sites for hydroxylation is 1. The summed E-state index contributed by atoms with van der Waals surface area (Å²) >= 11 is 5.57. The highest BCUT2D eigenvalue weighted by Gasteiger charge is 2.17. The van der Waals surface area contributed by atoms with Crippen LogP contribution in [-0.2, 0) is 0 Å². The third kappa shape index (κ3) is 1.53. The fraction of sp³-hybridized carbons (Fsp3) is 0.125. The fourth-order valence-electron chi connectivity index (χ4n) is 1.07. The first-order valence-corrected chi connectivity index (χ1v) is 3.83. The molecule has 1 aromatic carbocycles. The number of halogens is 1. The predicted molar refractivity (Wildman–Crippen MR) is 49.2 cm³/mol. The summed E-state index contributed by atoms with van der Waals surface area (Å²) in [4.78, 5) is 10.7. The molecule has 0 heterocycles. The highest BCUT2D eigenvalue weighted by Crippen LogP contribution is 2.34. The van der Waals surface area contributed by atoms with Gasteiger partial charge >= 0.3 is 5.97 Å². The van der Waals surface area contributed by atoms with Crippen LogP contribution in [0.4, 0.5) is 5.69 Å². The summed E-state index contributed by atoms with van der Waals surface area (Å²) in [6.45, 7) is 1.56. The Balaban J connectivity index is 3.53. The Bertz CT molecular complexity index is 376. The standard InChI is InChI=1S/C8H8ClNO3/c1-3-2-4(9)7(11)6(10)5(3)8(12)13/h2,11H,10H2,1H3,(H,12,13). The van der Waals surface area contributed by atoms with Crippen LogP contribution >= 0.6 is 11.6 Å². The average Bonchev–Trinajstić information content (AvgIpc) is 1.99. The molecule has 0 saturated carbocycles. The highest BCUT2D eigenvalue weighted by atomic mass is 35.5. The molecule has 0 aliphatic heterocycles. The molecule has 0 aliphatic rings. The van der Waals surface area contributed by atoms with Crippen LogP contribution in [0.5, 0.6) is 5.75 Å². The number of hydrogen-bond acceptors (Lipinski definition) is 3. The number of hydrogen-bond donors (Lipinski definition) is 3. The van der Waals surface area contributed by atoms with Crippen LogP contribution in [0.1, 0.15) is 15.9 Å². The number of rotatable bonds is 1. The molecular formula is C8H8ClNO3. The minimum atomic E-state index is -1.18. The van der Waals surface area contributed by atoms with Gasteiger partial charge in [0.05, 0.1) is 16.3 Å². The first-order chi connectivity index (χ1) is 5.95. The molecule has 1 rings (SSSR count). The summed E-state index contributed by atoms with van der Waals surface area (Å²) in [5.74, 6) is -1.56. The quantitative estimate of drug-likeness (QED) is 0.476. The van der Waals surface area contributed by atoms with E-state index in [1.165, 1.54) is 6.07 Å². The van der Waals surface area contributed by atoms with Gasteiger partial charge in [0.25, 0.3) is 0 Å². The van der Waals surface area contributed by atoms with E-state index in [1.54, 1.807) is 6.92 Å². The van der Waals surface area contributed by atoms with Gasteiger partial charge in [0.15, 0.2) is 5.75 Å². The number of benzene rings is 1. The van der Waals surface area contributed by atoms with Crippen LogP contribution in [0.25, 0.3) is 0 Å². The molecule has 5 heteroatoms. The van der Waals surface area contributed by atoms with E-state index in [0.29, 0.717) is 5.56 Å². The average molecular weight is 202 g/mol. The van der Waals surface area contributed by atoms with E-state index < -0.39 is 5.97 Å². The van der Waals surface area contributed by atoms with Gasteiger partial charge in [-0.25, -0.2) is 4.79 Å². The normalized spacial score (nSPS) is 10.0.